The molecular formula is C36H39Cl2N5O2. The molecule has 0 radical (unpaired) electrons. The number of anilines is 2. The van der Waals surface area contributed by atoms with Crippen LogP contribution in [0.1, 0.15) is 21.6 Å². The molecule has 0 fully saturated rings. The number of rotatable bonds is 12. The minimum atomic E-state index is 0.675. The number of pyridine rings is 2. The molecule has 0 unspecified atom stereocenters. The number of ether oxygens (including phenoxy) is 2. The van der Waals surface area contributed by atoms with Crippen LogP contribution < -0.4 is 20.1 Å². The van der Waals surface area contributed by atoms with E-state index in [0.717, 1.165) is 106 Å². The molecule has 0 bridgehead atoms. The van der Waals surface area contributed by atoms with Crippen LogP contribution in [0.4, 0.5) is 11.4 Å². The highest BCUT2D eigenvalue weighted by atomic mass is 35.5. The number of nitrogens with one attached hydrogen (secondary N) is 2. The van der Waals surface area contributed by atoms with E-state index in [4.69, 9.17) is 44.0 Å². The van der Waals surface area contributed by atoms with E-state index in [2.05, 4.69) is 22.6 Å². The summed E-state index contributed by atoms with van der Waals surface area (Å²) in [5.74, 6) is 1.61. The number of halogens is 2. The van der Waals surface area contributed by atoms with Crippen molar-refractivity contribution in [2.45, 2.75) is 20.2 Å². The number of aromatic nitrogens is 2. The molecule has 6 rings (SSSR count). The number of nitrogens with zero attached hydrogens (tertiary/aromatic N) is 3. The number of benzene rings is 4. The third-order valence-electron chi connectivity index (χ3n) is 7.92. The van der Waals surface area contributed by atoms with E-state index in [-0.39, 0.29) is 0 Å². The summed E-state index contributed by atoms with van der Waals surface area (Å²) in [6.07, 6.45) is 1.99. The topological polar surface area (TPSA) is 71.5 Å². The summed E-state index contributed by atoms with van der Waals surface area (Å²) in [5.41, 5.74) is 5.68. The van der Waals surface area contributed by atoms with E-state index >= 15 is 0 Å². The summed E-state index contributed by atoms with van der Waals surface area (Å²) < 4.78 is 16.7. The van der Waals surface area contributed by atoms with Crippen molar-refractivity contribution in [1.82, 2.24) is 14.9 Å². The zero-order valence-corrected chi connectivity index (χ0v) is 27.6. The highest BCUT2D eigenvalue weighted by Crippen LogP contribution is 2.35. The third-order valence-corrected chi connectivity index (χ3v) is 8.39. The minimum absolute atomic E-state index is 0.675. The van der Waals surface area contributed by atoms with Gasteiger partial charge < -0.3 is 25.0 Å². The quantitative estimate of drug-likeness (QED) is 0.102. The van der Waals surface area contributed by atoms with Crippen LogP contribution in [0.2, 0.25) is 10.0 Å². The van der Waals surface area contributed by atoms with Crippen molar-refractivity contribution in [3.05, 3.63) is 82.8 Å². The molecule has 2 N–H and O–H groups in total. The second-order valence-electron chi connectivity index (χ2n) is 10.9. The molecule has 7 nitrogen and oxygen atoms in total. The molecule has 2 heterocycles. The molecule has 6 aromatic rings. The molecule has 0 aliphatic rings. The lowest BCUT2D eigenvalue weighted by atomic mass is 10.1. The Morgan fingerprint density at radius 1 is 0.644 bits per heavy atom. The first-order chi connectivity index (χ1) is 22.4. The molecule has 9 heteroatoms. The second kappa shape index (κ2) is 14.4. The van der Waals surface area contributed by atoms with Gasteiger partial charge in [-0.1, -0.05) is 30.6 Å². The first-order valence-electron chi connectivity index (χ1n) is 15.7. The largest absolute Gasteiger partial charge is 0.497 e. The molecule has 0 aliphatic heterocycles. The van der Waals surface area contributed by atoms with Crippen molar-refractivity contribution >= 4 is 78.2 Å². The molecule has 4 aromatic carbocycles. The smallest absolute Gasteiger partial charge is 0.119 e. The highest BCUT2D eigenvalue weighted by Gasteiger charge is 2.13. The van der Waals surface area contributed by atoms with Crippen molar-refractivity contribution in [1.29, 1.82) is 0 Å². The van der Waals surface area contributed by atoms with Crippen molar-refractivity contribution in [3.63, 3.8) is 0 Å². The Kier molecular flexibility index (Phi) is 9.89. The summed E-state index contributed by atoms with van der Waals surface area (Å²) in [6.45, 7) is 3.60. The zero-order chi connectivity index (χ0) is 32.6. The van der Waals surface area contributed by atoms with Crippen molar-refractivity contribution < 1.29 is 10.8 Å². The second-order valence-corrected chi connectivity index (χ2v) is 11.8. The van der Waals surface area contributed by atoms with Crippen LogP contribution in [-0.4, -0.2) is 62.3 Å². The van der Waals surface area contributed by atoms with Crippen LogP contribution >= 0.6 is 23.2 Å². The number of methoxy groups -OCH3 is 2. The van der Waals surface area contributed by atoms with Crippen LogP contribution in [0.3, 0.4) is 0 Å². The van der Waals surface area contributed by atoms with Gasteiger partial charge in [0.25, 0.3) is 0 Å². The molecule has 0 spiro atoms. The Labute approximate surface area is 275 Å². The van der Waals surface area contributed by atoms with Gasteiger partial charge in [-0.15, -0.1) is 0 Å². The average molecular weight is 646 g/mol. The first-order valence-corrected chi connectivity index (χ1v) is 15.5. The number of hydrogen-bond acceptors (Lipinski definition) is 7. The molecule has 2 aromatic heterocycles. The standard InChI is InChI=1S/C35H35Cl2N5O2.CH4/c1-42(16-4-14-38-34-26-10-6-22(36)18-32(26)40-30-12-8-24(43-2)20-28(30)34)17-5-15-39-35-27-11-7-23(37)19-33(27)41-31-13-9-25(44-3)21-29(31)35;/h6-13,18-21H,4-5,14-17H2,1-3H3,(H,38,40)(H,39,41);1H4/i;1D. The normalized spacial score (nSPS) is 11.5. The van der Waals surface area contributed by atoms with Crippen molar-refractivity contribution in [2.24, 2.45) is 0 Å². The van der Waals surface area contributed by atoms with Gasteiger partial charge in [0.2, 0.25) is 0 Å². The van der Waals surface area contributed by atoms with E-state index in [1.165, 1.54) is 7.40 Å². The summed E-state index contributed by atoms with van der Waals surface area (Å²) in [5, 5.41) is 12.9. The fraction of sp³-hybridized carbons (Fsp3) is 0.278. The molecule has 234 valence electrons. The first kappa shape index (κ1) is 31.0. The molecular weight excluding hydrogens is 605 g/mol. The Bertz CT molecular complexity index is 1830. The Morgan fingerprint density at radius 3 is 1.51 bits per heavy atom. The summed E-state index contributed by atoms with van der Waals surface area (Å²) >= 11 is 12.6. The average Bonchev–Trinajstić information content (AvgIpc) is 3.07. The molecule has 0 amide bonds. The Balaban J connectivity index is 0.00000204. The van der Waals surface area contributed by atoms with Crippen LogP contribution in [0.15, 0.2) is 72.8 Å². The fourth-order valence-electron chi connectivity index (χ4n) is 5.66. The van der Waals surface area contributed by atoms with Crippen molar-refractivity contribution in [3.8, 4) is 11.5 Å². The van der Waals surface area contributed by atoms with Gasteiger partial charge in [-0.25, -0.2) is 9.97 Å². The fourth-order valence-corrected chi connectivity index (χ4v) is 6.00. The van der Waals surface area contributed by atoms with Gasteiger partial charge in [0.15, 0.2) is 0 Å². The number of hydrogen-bond donors (Lipinski definition) is 2. The molecule has 0 saturated carbocycles. The maximum atomic E-state index is 6.28. The van der Waals surface area contributed by atoms with Crippen LogP contribution in [-0.2, 0) is 0 Å². The maximum Gasteiger partial charge on any atom is 0.119 e. The summed E-state index contributed by atoms with van der Waals surface area (Å²) in [7, 11) is 6.79. The Hall–Kier alpha value is -4.04. The van der Waals surface area contributed by atoms with E-state index in [0.29, 0.717) is 10.0 Å². The molecule has 0 atom stereocenters. The minimum Gasteiger partial charge on any atom is -0.497 e. The predicted octanol–water partition coefficient (Wildman–Crippen LogP) is 9.29. The molecule has 0 saturated heterocycles. The van der Waals surface area contributed by atoms with Gasteiger partial charge in [-0.05, 0) is 106 Å². The zero-order valence-electron chi connectivity index (χ0n) is 27.1. The van der Waals surface area contributed by atoms with E-state index in [9.17, 15) is 0 Å². The van der Waals surface area contributed by atoms with Crippen molar-refractivity contribution in [2.75, 3.05) is 58.1 Å². The van der Waals surface area contributed by atoms with Crippen LogP contribution in [0.5, 0.6) is 11.5 Å². The highest BCUT2D eigenvalue weighted by molar-refractivity contribution is 6.32. The van der Waals surface area contributed by atoms with Gasteiger partial charge in [0.05, 0.1) is 47.7 Å². The van der Waals surface area contributed by atoms with Gasteiger partial charge in [0.1, 0.15) is 11.5 Å². The third kappa shape index (κ3) is 7.12. The van der Waals surface area contributed by atoms with E-state index < -0.39 is 0 Å². The van der Waals surface area contributed by atoms with Crippen LogP contribution in [0, 0.1) is 0 Å². The summed E-state index contributed by atoms with van der Waals surface area (Å²) in [4.78, 5) is 12.0. The van der Waals surface area contributed by atoms with Gasteiger partial charge in [0, 0.05) is 46.1 Å². The molecule has 45 heavy (non-hydrogen) atoms. The lowest BCUT2D eigenvalue weighted by Crippen LogP contribution is -2.24. The van der Waals surface area contributed by atoms with Gasteiger partial charge >= 0.3 is 0 Å². The number of fused-ring (bicyclic) bond motifs is 4. The van der Waals surface area contributed by atoms with E-state index in [1.807, 2.05) is 72.8 Å². The Morgan fingerprint density at radius 2 is 1.09 bits per heavy atom. The molecule has 0 aliphatic carbocycles. The lowest BCUT2D eigenvalue weighted by Gasteiger charge is -2.19. The van der Waals surface area contributed by atoms with Gasteiger partial charge in [-0.3, -0.25) is 0 Å². The summed E-state index contributed by atoms with van der Waals surface area (Å²) in [6, 6.07) is 23.6. The monoisotopic (exact) mass is 644 g/mol. The van der Waals surface area contributed by atoms with Crippen LogP contribution in [0.25, 0.3) is 43.6 Å². The SMILES string of the molecule is COc1ccc2nc3cc(Cl)ccc3c(NCCCN(C)CCCNc3c4ccc(Cl)cc4nc4ccc(OC)cc34)c2c1.[2H]C. The van der Waals surface area contributed by atoms with E-state index in [1.54, 1.807) is 14.2 Å². The predicted molar refractivity (Wildman–Crippen MR) is 192 cm³/mol. The van der Waals surface area contributed by atoms with Gasteiger partial charge in [-0.2, -0.15) is 0 Å². The lowest BCUT2D eigenvalue weighted by molar-refractivity contribution is 0.331. The maximum absolute atomic E-state index is 6.28.